The molecule has 3 aromatic rings. The smallest absolute Gasteiger partial charge is 0.410 e. The molecular formula is C30H39ClN6O2. The molecule has 0 spiro atoms. The molecule has 0 saturated carbocycles. The van der Waals surface area contributed by atoms with Gasteiger partial charge in [-0.05, 0) is 64.8 Å². The number of halogens is 1. The molecule has 1 aromatic carbocycles. The number of carbonyl (C=O) groups excluding carboxylic acids is 1. The van der Waals surface area contributed by atoms with E-state index < -0.39 is 5.60 Å². The zero-order chi connectivity index (χ0) is 28.4. The quantitative estimate of drug-likeness (QED) is 0.364. The van der Waals surface area contributed by atoms with Crippen molar-refractivity contribution in [3.05, 3.63) is 82.8 Å². The highest BCUT2D eigenvalue weighted by atomic mass is 35.5. The van der Waals surface area contributed by atoms with E-state index in [4.69, 9.17) is 16.3 Å². The van der Waals surface area contributed by atoms with Crippen LogP contribution >= 0.6 is 11.6 Å². The number of anilines is 1. The van der Waals surface area contributed by atoms with Crippen LogP contribution in [-0.4, -0.2) is 62.7 Å². The number of hydrogen-bond donors (Lipinski definition) is 0. The second-order valence-electron chi connectivity index (χ2n) is 10.3. The van der Waals surface area contributed by atoms with Crippen LogP contribution in [0.3, 0.4) is 0 Å². The van der Waals surface area contributed by atoms with Crippen LogP contribution in [-0.2, 0) is 11.2 Å². The summed E-state index contributed by atoms with van der Waals surface area (Å²) in [5, 5.41) is 0.839. The van der Waals surface area contributed by atoms with Gasteiger partial charge in [0.15, 0.2) is 5.82 Å². The standard InChI is InChI=1S/C21H28N6O2.C9H11Cl/c1-6-16(18-22-8-7-9-23-18)17-15(2)24-14-25-19(17)26-10-12-27(13-11-26)20(28)29-21(3,4)5;1-2-4-8-5-3-6-9(10)7-8/h6-9,14H,10-13H2,1-5H3;3,5-7H,2,4H2,1H3/b16-6+;. The molecule has 0 N–H and O–H groups in total. The second kappa shape index (κ2) is 14.0. The topological polar surface area (TPSA) is 84.3 Å². The van der Waals surface area contributed by atoms with Crippen LogP contribution < -0.4 is 4.90 Å². The number of aryl methyl sites for hydroxylation is 2. The molecule has 3 heterocycles. The molecule has 8 nitrogen and oxygen atoms in total. The summed E-state index contributed by atoms with van der Waals surface area (Å²) < 4.78 is 5.49. The number of benzene rings is 1. The first-order valence-electron chi connectivity index (χ1n) is 13.4. The highest BCUT2D eigenvalue weighted by molar-refractivity contribution is 6.30. The number of carbonyl (C=O) groups is 1. The highest BCUT2D eigenvalue weighted by Gasteiger charge is 2.28. The summed E-state index contributed by atoms with van der Waals surface area (Å²) in [6, 6.07) is 9.82. The van der Waals surface area contributed by atoms with E-state index in [-0.39, 0.29) is 6.09 Å². The minimum absolute atomic E-state index is 0.275. The first-order chi connectivity index (χ1) is 18.6. The Morgan fingerprint density at radius 3 is 2.33 bits per heavy atom. The second-order valence-corrected chi connectivity index (χ2v) is 10.7. The summed E-state index contributed by atoms with van der Waals surface area (Å²) >= 11 is 5.78. The van der Waals surface area contributed by atoms with Gasteiger partial charge in [-0.15, -0.1) is 0 Å². The van der Waals surface area contributed by atoms with Crippen molar-refractivity contribution in [2.45, 2.75) is 60.0 Å². The van der Waals surface area contributed by atoms with Gasteiger partial charge >= 0.3 is 6.09 Å². The van der Waals surface area contributed by atoms with Gasteiger partial charge in [-0.25, -0.2) is 24.7 Å². The molecule has 39 heavy (non-hydrogen) atoms. The molecule has 208 valence electrons. The van der Waals surface area contributed by atoms with Gasteiger partial charge in [0.2, 0.25) is 0 Å². The van der Waals surface area contributed by atoms with Gasteiger partial charge in [0.1, 0.15) is 17.7 Å². The summed E-state index contributed by atoms with van der Waals surface area (Å²) in [6.45, 7) is 14.2. The summed E-state index contributed by atoms with van der Waals surface area (Å²) in [4.78, 5) is 34.0. The fraction of sp³-hybridized carbons (Fsp3) is 0.433. The van der Waals surface area contributed by atoms with E-state index in [1.165, 1.54) is 12.0 Å². The summed E-state index contributed by atoms with van der Waals surface area (Å²) in [6.07, 6.45) is 9.05. The van der Waals surface area contributed by atoms with Crippen LogP contribution in [0.2, 0.25) is 5.02 Å². The lowest BCUT2D eigenvalue weighted by Crippen LogP contribution is -2.50. The van der Waals surface area contributed by atoms with E-state index in [9.17, 15) is 4.79 Å². The first-order valence-corrected chi connectivity index (χ1v) is 13.7. The Bertz CT molecular complexity index is 1250. The maximum Gasteiger partial charge on any atom is 0.410 e. The van der Waals surface area contributed by atoms with Crippen LogP contribution in [0, 0.1) is 6.92 Å². The largest absolute Gasteiger partial charge is 0.444 e. The fourth-order valence-corrected chi connectivity index (χ4v) is 4.46. The number of aromatic nitrogens is 4. The van der Waals surface area contributed by atoms with Crippen LogP contribution in [0.25, 0.3) is 5.57 Å². The van der Waals surface area contributed by atoms with E-state index in [1.54, 1.807) is 29.7 Å². The van der Waals surface area contributed by atoms with Crippen LogP contribution in [0.15, 0.2) is 55.1 Å². The molecule has 1 aliphatic heterocycles. The van der Waals surface area contributed by atoms with E-state index in [2.05, 4.69) is 37.8 Å². The highest BCUT2D eigenvalue weighted by Crippen LogP contribution is 2.31. The number of piperazine rings is 1. The summed E-state index contributed by atoms with van der Waals surface area (Å²) in [7, 11) is 0. The maximum absolute atomic E-state index is 12.4. The monoisotopic (exact) mass is 550 g/mol. The third kappa shape index (κ3) is 8.75. The summed E-state index contributed by atoms with van der Waals surface area (Å²) in [5.74, 6) is 1.48. The van der Waals surface area contributed by atoms with Crippen molar-refractivity contribution >= 4 is 29.1 Å². The van der Waals surface area contributed by atoms with Crippen LogP contribution in [0.5, 0.6) is 0 Å². The van der Waals surface area contributed by atoms with Gasteiger partial charge in [0, 0.05) is 54.7 Å². The van der Waals surface area contributed by atoms with Gasteiger partial charge in [0.25, 0.3) is 0 Å². The molecule has 1 fully saturated rings. The van der Waals surface area contributed by atoms with Crippen molar-refractivity contribution in [2.75, 3.05) is 31.1 Å². The number of rotatable bonds is 5. The molecule has 0 radical (unpaired) electrons. The zero-order valence-corrected chi connectivity index (χ0v) is 24.6. The van der Waals surface area contributed by atoms with E-state index >= 15 is 0 Å². The molecule has 1 aliphatic rings. The lowest BCUT2D eigenvalue weighted by Gasteiger charge is -2.37. The van der Waals surface area contributed by atoms with E-state index in [1.807, 2.05) is 58.9 Å². The summed E-state index contributed by atoms with van der Waals surface area (Å²) in [5.41, 5.74) is 3.52. The third-order valence-electron chi connectivity index (χ3n) is 6.04. The number of nitrogens with zero attached hydrogens (tertiary/aromatic N) is 6. The van der Waals surface area contributed by atoms with E-state index in [0.717, 1.165) is 34.1 Å². The first kappa shape index (κ1) is 30.0. The van der Waals surface area contributed by atoms with Crippen molar-refractivity contribution in [1.29, 1.82) is 0 Å². The molecule has 1 amide bonds. The lowest BCUT2D eigenvalue weighted by molar-refractivity contribution is 0.0240. The lowest BCUT2D eigenvalue weighted by atomic mass is 10.0. The predicted molar refractivity (Wildman–Crippen MR) is 157 cm³/mol. The third-order valence-corrected chi connectivity index (χ3v) is 6.28. The number of allylic oxidation sites excluding steroid dienone is 1. The Kier molecular flexibility index (Phi) is 10.8. The average Bonchev–Trinajstić information content (AvgIpc) is 2.90. The van der Waals surface area contributed by atoms with Gasteiger partial charge in [-0.1, -0.05) is 43.2 Å². The molecule has 9 heteroatoms. The van der Waals surface area contributed by atoms with Gasteiger partial charge in [-0.3, -0.25) is 0 Å². The number of hydrogen-bond acceptors (Lipinski definition) is 7. The maximum atomic E-state index is 12.4. The van der Waals surface area contributed by atoms with Crippen molar-refractivity contribution in [3.63, 3.8) is 0 Å². The Balaban J connectivity index is 0.000000353. The van der Waals surface area contributed by atoms with Crippen LogP contribution in [0.4, 0.5) is 10.6 Å². The molecule has 0 bridgehead atoms. The minimum Gasteiger partial charge on any atom is -0.444 e. The molecule has 4 rings (SSSR count). The van der Waals surface area contributed by atoms with Gasteiger partial charge in [-0.2, -0.15) is 0 Å². The Morgan fingerprint density at radius 2 is 1.74 bits per heavy atom. The van der Waals surface area contributed by atoms with Gasteiger partial charge < -0.3 is 14.5 Å². The van der Waals surface area contributed by atoms with Crippen molar-refractivity contribution in [2.24, 2.45) is 0 Å². The molecule has 0 atom stereocenters. The van der Waals surface area contributed by atoms with Crippen molar-refractivity contribution in [1.82, 2.24) is 24.8 Å². The SMILES string of the molecule is C/C=C(/c1ncccn1)c1c(C)ncnc1N1CCN(C(=O)OC(C)(C)C)CC1.CCCc1cccc(Cl)c1. The van der Waals surface area contributed by atoms with E-state index in [0.29, 0.717) is 32.0 Å². The number of ether oxygens (including phenoxy) is 1. The molecule has 0 aliphatic carbocycles. The minimum atomic E-state index is -0.498. The number of amides is 1. The molecule has 1 saturated heterocycles. The van der Waals surface area contributed by atoms with Gasteiger partial charge in [0.05, 0.1) is 5.69 Å². The van der Waals surface area contributed by atoms with Crippen molar-refractivity contribution in [3.8, 4) is 0 Å². The fourth-order valence-electron chi connectivity index (χ4n) is 4.25. The molecule has 0 unspecified atom stereocenters. The molecule has 2 aromatic heterocycles. The Hall–Kier alpha value is -3.52. The Labute approximate surface area is 237 Å². The normalized spacial score (nSPS) is 14.0. The van der Waals surface area contributed by atoms with Crippen LogP contribution in [0.1, 0.15) is 63.7 Å². The molecular weight excluding hydrogens is 512 g/mol. The van der Waals surface area contributed by atoms with Crippen molar-refractivity contribution < 1.29 is 9.53 Å². The average molecular weight is 551 g/mol. The predicted octanol–water partition coefficient (Wildman–Crippen LogP) is 6.38. The Morgan fingerprint density at radius 1 is 1.05 bits per heavy atom. The zero-order valence-electron chi connectivity index (χ0n) is 23.8.